The van der Waals surface area contributed by atoms with Gasteiger partial charge in [0.2, 0.25) is 0 Å². The summed E-state index contributed by atoms with van der Waals surface area (Å²) in [6.45, 7) is 2.24. The van der Waals surface area contributed by atoms with E-state index in [4.69, 9.17) is 11.6 Å². The smallest absolute Gasteiger partial charge is 0.261 e. The molecule has 0 bridgehead atoms. The number of benzene rings is 3. The topological polar surface area (TPSA) is 37.4 Å². The molecule has 0 N–H and O–H groups in total. The van der Waals surface area contributed by atoms with Crippen LogP contribution in [0.5, 0.6) is 0 Å². The van der Waals surface area contributed by atoms with Crippen molar-refractivity contribution < 1.29 is 9.59 Å². The lowest BCUT2D eigenvalue weighted by molar-refractivity contribution is 0.0672. The molecule has 0 aliphatic carbocycles. The molecule has 0 saturated carbocycles. The van der Waals surface area contributed by atoms with Gasteiger partial charge in [-0.15, -0.1) is 0 Å². The van der Waals surface area contributed by atoms with Crippen molar-refractivity contribution in [3.63, 3.8) is 0 Å². The van der Waals surface area contributed by atoms with Gasteiger partial charge in [0.1, 0.15) is 0 Å². The molecule has 0 atom stereocenters. The van der Waals surface area contributed by atoms with Crippen LogP contribution in [0.4, 0.5) is 0 Å². The monoisotopic (exact) mass is 387 g/mol. The number of rotatable bonds is 4. The van der Waals surface area contributed by atoms with E-state index in [0.717, 1.165) is 22.3 Å². The predicted octanol–water partition coefficient (Wildman–Crippen LogP) is 5.71. The molecule has 4 rings (SSSR count). The van der Waals surface area contributed by atoms with Gasteiger partial charge in [-0.25, -0.2) is 0 Å². The Hall–Kier alpha value is -3.17. The van der Waals surface area contributed by atoms with E-state index in [9.17, 15) is 9.59 Å². The highest BCUT2D eigenvalue weighted by atomic mass is 35.5. The summed E-state index contributed by atoms with van der Waals surface area (Å²) in [7, 11) is 0. The Bertz CT molecular complexity index is 1050. The van der Waals surface area contributed by atoms with Crippen LogP contribution in [-0.2, 0) is 0 Å². The Kier molecular flexibility index (Phi) is 4.84. The first-order valence-corrected chi connectivity index (χ1v) is 9.41. The molecule has 4 heteroatoms. The van der Waals surface area contributed by atoms with Crippen LogP contribution in [0.1, 0.15) is 33.2 Å². The van der Waals surface area contributed by atoms with Gasteiger partial charge in [0.25, 0.3) is 11.8 Å². The van der Waals surface area contributed by atoms with Gasteiger partial charge in [0.05, 0.1) is 11.1 Å². The van der Waals surface area contributed by atoms with Gasteiger partial charge >= 0.3 is 0 Å². The molecule has 1 aliphatic heterocycles. The van der Waals surface area contributed by atoms with Gasteiger partial charge < -0.3 is 0 Å². The molecule has 1 heterocycles. The molecule has 3 aromatic rings. The molecule has 28 heavy (non-hydrogen) atoms. The fraction of sp³-hybridized carbons (Fsp3) is 0.0833. The average molecular weight is 388 g/mol. The lowest BCUT2D eigenvalue weighted by Gasteiger charge is -2.12. The van der Waals surface area contributed by atoms with Crippen molar-refractivity contribution in [1.29, 1.82) is 0 Å². The highest BCUT2D eigenvalue weighted by Gasteiger charge is 2.34. The Morgan fingerprint density at radius 3 is 1.86 bits per heavy atom. The highest BCUT2D eigenvalue weighted by molar-refractivity contribution is 6.30. The molecular formula is C24H18ClNO2. The summed E-state index contributed by atoms with van der Waals surface area (Å²) in [5.74, 6) is -0.467. The summed E-state index contributed by atoms with van der Waals surface area (Å²) in [5, 5.41) is 0.715. The molecule has 0 fully saturated rings. The van der Waals surface area contributed by atoms with Crippen molar-refractivity contribution in [3.05, 3.63) is 101 Å². The summed E-state index contributed by atoms with van der Waals surface area (Å²) in [6, 6.07) is 22.9. The van der Waals surface area contributed by atoms with Gasteiger partial charge in [0, 0.05) is 11.6 Å². The van der Waals surface area contributed by atoms with Crippen LogP contribution in [0.25, 0.3) is 16.7 Å². The molecule has 0 saturated heterocycles. The normalized spacial score (nSPS) is 13.8. The van der Waals surface area contributed by atoms with E-state index in [2.05, 4.69) is 12.1 Å². The number of carbonyl (C=O) groups is 2. The third kappa shape index (κ3) is 3.37. The number of amides is 2. The summed E-state index contributed by atoms with van der Waals surface area (Å²) >= 11 is 5.95. The van der Waals surface area contributed by atoms with Crippen molar-refractivity contribution in [3.8, 4) is 11.1 Å². The van der Waals surface area contributed by atoms with Gasteiger partial charge in [0.15, 0.2) is 0 Å². The van der Waals surface area contributed by atoms with Crippen LogP contribution in [0.15, 0.2) is 78.9 Å². The first-order chi connectivity index (χ1) is 13.5. The third-order valence-electron chi connectivity index (χ3n) is 4.98. The zero-order valence-electron chi connectivity index (χ0n) is 15.4. The summed E-state index contributed by atoms with van der Waals surface area (Å²) in [6.07, 6.45) is 1.92. The average Bonchev–Trinajstić information content (AvgIpc) is 2.97. The number of nitrogens with zero attached hydrogens (tertiary/aromatic N) is 1. The zero-order valence-corrected chi connectivity index (χ0v) is 16.1. The Morgan fingerprint density at radius 2 is 1.32 bits per heavy atom. The molecular weight excluding hydrogens is 370 g/mol. The van der Waals surface area contributed by atoms with Gasteiger partial charge in [-0.05, 0) is 53.5 Å². The minimum Gasteiger partial charge on any atom is -0.270 e. The minimum absolute atomic E-state index is 0.234. The number of fused-ring (bicyclic) bond motifs is 1. The summed E-state index contributed by atoms with van der Waals surface area (Å²) in [5.41, 5.74) is 5.22. The maximum Gasteiger partial charge on any atom is 0.261 e. The van der Waals surface area contributed by atoms with Gasteiger partial charge in [-0.2, -0.15) is 0 Å². The van der Waals surface area contributed by atoms with E-state index in [-0.39, 0.29) is 18.4 Å². The molecule has 0 unspecified atom stereocenters. The van der Waals surface area contributed by atoms with Crippen molar-refractivity contribution >= 4 is 29.0 Å². The Morgan fingerprint density at radius 1 is 0.821 bits per heavy atom. The fourth-order valence-electron chi connectivity index (χ4n) is 3.32. The van der Waals surface area contributed by atoms with Crippen LogP contribution in [0.2, 0.25) is 5.02 Å². The summed E-state index contributed by atoms with van der Waals surface area (Å²) in [4.78, 5) is 26.2. The summed E-state index contributed by atoms with van der Waals surface area (Å²) < 4.78 is 0. The first kappa shape index (κ1) is 18.2. The maximum atomic E-state index is 12.4. The SMILES string of the molecule is CC(=CCN1C(=O)c2ccccc2C1=O)c1ccc(-c2ccc(Cl)cc2)cc1. The van der Waals surface area contributed by atoms with Crippen LogP contribution in [0.3, 0.4) is 0 Å². The molecule has 138 valence electrons. The lowest BCUT2D eigenvalue weighted by Crippen LogP contribution is -2.29. The third-order valence-corrected chi connectivity index (χ3v) is 5.23. The fourth-order valence-corrected chi connectivity index (χ4v) is 3.44. The quantitative estimate of drug-likeness (QED) is 0.538. The van der Waals surface area contributed by atoms with Crippen molar-refractivity contribution in [2.75, 3.05) is 6.54 Å². The highest BCUT2D eigenvalue weighted by Crippen LogP contribution is 2.25. The number of hydrogen-bond acceptors (Lipinski definition) is 2. The maximum absolute atomic E-state index is 12.4. The largest absolute Gasteiger partial charge is 0.270 e. The molecule has 0 aromatic heterocycles. The van der Waals surface area contributed by atoms with E-state index in [1.54, 1.807) is 24.3 Å². The number of allylic oxidation sites excluding steroid dienone is 1. The van der Waals surface area contributed by atoms with Crippen LogP contribution in [-0.4, -0.2) is 23.3 Å². The minimum atomic E-state index is -0.234. The molecule has 2 amide bonds. The predicted molar refractivity (Wildman–Crippen MR) is 112 cm³/mol. The molecule has 3 nitrogen and oxygen atoms in total. The second-order valence-electron chi connectivity index (χ2n) is 6.74. The standard InChI is InChI=1S/C24H18ClNO2/c1-16(14-15-26-23(27)21-4-2-3-5-22(21)24(26)28)17-6-8-18(9-7-17)19-10-12-20(25)13-11-19/h2-14H,15H2,1H3. The van der Waals surface area contributed by atoms with E-state index in [1.807, 2.05) is 49.4 Å². The van der Waals surface area contributed by atoms with E-state index < -0.39 is 0 Å². The number of halogens is 1. The van der Waals surface area contributed by atoms with E-state index in [1.165, 1.54) is 4.90 Å². The first-order valence-electron chi connectivity index (χ1n) is 9.03. The van der Waals surface area contributed by atoms with Gasteiger partial charge in [-0.1, -0.05) is 66.2 Å². The molecule has 1 aliphatic rings. The molecule has 0 radical (unpaired) electrons. The lowest BCUT2D eigenvalue weighted by atomic mass is 10.0. The second-order valence-corrected chi connectivity index (χ2v) is 7.17. The van der Waals surface area contributed by atoms with Gasteiger partial charge in [-0.3, -0.25) is 14.5 Å². The zero-order chi connectivity index (χ0) is 19.7. The molecule has 0 spiro atoms. The van der Waals surface area contributed by atoms with Crippen molar-refractivity contribution in [1.82, 2.24) is 4.90 Å². The Balaban J connectivity index is 1.50. The van der Waals surface area contributed by atoms with Crippen molar-refractivity contribution in [2.24, 2.45) is 0 Å². The van der Waals surface area contributed by atoms with Crippen LogP contribution >= 0.6 is 11.6 Å². The Labute approximate surface area is 168 Å². The van der Waals surface area contributed by atoms with Crippen molar-refractivity contribution in [2.45, 2.75) is 6.92 Å². The van der Waals surface area contributed by atoms with Crippen LogP contribution in [0, 0.1) is 0 Å². The van der Waals surface area contributed by atoms with Crippen LogP contribution < -0.4 is 0 Å². The molecule has 3 aromatic carbocycles. The van der Waals surface area contributed by atoms with E-state index >= 15 is 0 Å². The number of imide groups is 1. The number of carbonyl (C=O) groups excluding carboxylic acids is 2. The second kappa shape index (κ2) is 7.45. The van der Waals surface area contributed by atoms with E-state index in [0.29, 0.717) is 16.1 Å². The number of hydrogen-bond donors (Lipinski definition) is 0.